The number of aliphatic hydroxyl groups excluding tert-OH is 1. The normalized spacial score (nSPS) is 12.2. The fraction of sp³-hybridized carbons (Fsp3) is 0.205. The van der Waals surface area contributed by atoms with Gasteiger partial charge in [-0.2, -0.15) is 6.67 Å². The Morgan fingerprint density at radius 3 is 0.692 bits per heavy atom. The van der Waals surface area contributed by atoms with Crippen LogP contribution < -0.4 is 48.8 Å². The van der Waals surface area contributed by atoms with Crippen molar-refractivity contribution in [1.29, 1.82) is 0 Å². The van der Waals surface area contributed by atoms with E-state index in [-0.39, 0.29) is 22.3 Å². The molecule has 0 radical (unpaired) electrons. The van der Waals surface area contributed by atoms with Crippen LogP contribution in [0.2, 0.25) is 0 Å². The Hall–Kier alpha value is -9.30. The third kappa shape index (κ3) is 21.2. The number of hydrogen-bond acceptors (Lipinski definition) is 12. The molecule has 3 heterocycles. The van der Waals surface area contributed by atoms with E-state index in [9.17, 15) is 0 Å². The van der Waals surface area contributed by atoms with Crippen molar-refractivity contribution in [2.75, 3.05) is 50.0 Å². The number of carbonyl (C=O) groups excluding carboxylic acids is 1. The zero-order chi connectivity index (χ0) is 73.4. The van der Waals surface area contributed by atoms with Crippen LogP contribution in [0.5, 0.6) is 23.0 Å². The number of halogens is 2. The van der Waals surface area contributed by atoms with Crippen LogP contribution in [-0.2, 0) is 39.4 Å². The first-order valence-electron chi connectivity index (χ1n) is 32.8. The van der Waals surface area contributed by atoms with Crippen molar-refractivity contribution >= 4 is 60.3 Å². The van der Waals surface area contributed by atoms with Crippen LogP contribution in [-0.4, -0.2) is 32.1 Å². The van der Waals surface area contributed by atoms with Crippen LogP contribution >= 0.6 is 19.4 Å². The molecule has 13 rings (SSSR count). The van der Waals surface area contributed by atoms with Gasteiger partial charge < -0.3 is 53.5 Å². The first-order chi connectivity index (χ1) is 48.9. The van der Waals surface area contributed by atoms with Crippen LogP contribution in [0.3, 0.4) is 0 Å². The second-order valence-electron chi connectivity index (χ2n) is 24.3. The Labute approximate surface area is 649 Å². The summed E-state index contributed by atoms with van der Waals surface area (Å²) in [5.41, 5.74) is 29.9. The molecule has 0 atom stereocenters. The zero-order valence-corrected chi connectivity index (χ0v) is 67.3. The number of anilines is 6. The molecule has 1 fully saturated rings. The summed E-state index contributed by atoms with van der Waals surface area (Å²) < 4.78 is 26.3. The van der Waals surface area contributed by atoms with Gasteiger partial charge in [-0.1, -0.05) is 188 Å². The monoisotopic (exact) mass is 1610 g/mol. The third-order valence-electron chi connectivity index (χ3n) is 16.7. The molecule has 0 unspecified atom stereocenters. The molecule has 0 spiro atoms. The van der Waals surface area contributed by atoms with E-state index in [4.69, 9.17) is 28.8 Å². The van der Waals surface area contributed by atoms with Crippen LogP contribution in [0.1, 0.15) is 85.3 Å². The molecule has 0 bridgehead atoms. The number of aliphatic hydroxyl groups is 1. The van der Waals surface area contributed by atoms with E-state index in [1.807, 2.05) is 166 Å². The van der Waals surface area contributed by atoms with Gasteiger partial charge in [-0.05, 0) is 212 Å². The molecule has 0 amide bonds. The minimum atomic E-state index is 0. The summed E-state index contributed by atoms with van der Waals surface area (Å²) in [4.78, 5) is 12.6. The average Bonchev–Trinajstić information content (AvgIpc) is 1.61. The van der Waals surface area contributed by atoms with Crippen LogP contribution in [0, 0.1) is 118 Å². The van der Waals surface area contributed by atoms with Crippen molar-refractivity contribution in [2.24, 2.45) is 0 Å². The predicted molar refractivity (Wildman–Crippen MR) is 432 cm³/mol. The number of nitrogens with zero attached hydrogens (tertiary/aromatic N) is 6. The van der Waals surface area contributed by atoms with E-state index >= 15 is 0 Å². The molecule has 10 aromatic rings. The molecule has 0 aromatic heterocycles. The Morgan fingerprint density at radius 1 is 0.327 bits per heavy atom. The molecular weight excluding hydrogens is 1510 g/mol. The van der Waals surface area contributed by atoms with E-state index in [1.54, 1.807) is 34.6 Å². The van der Waals surface area contributed by atoms with Gasteiger partial charge >= 0.3 is 54.0 Å². The molecule has 3 aliphatic heterocycles. The number of hydrazine groups is 2. The SMILES string of the molecule is C.CO.Cc1cc(C)c(N2[CH-]N(c3c(C)cc(C)cc3C)CC2)c(C)c1.Cc1cccc(C)c1OC1=C=C(Oc2c(C)cccc2C)N(c2ccccc2)N1c1ccccc1.Cc1cccc(C)c1OC1=C=C(Oc2c(C)cccc2C)N(c2ccccc2)N1c1ccccc1.[CH-]=O.[CH3-].[CH3-].[Cl][RuH+2].[Cl][RuH+2]. The zero-order valence-electron chi connectivity index (χ0n) is 62.0. The quantitative estimate of drug-likeness (QED) is 0.0486. The second kappa shape index (κ2) is 42.5. The van der Waals surface area contributed by atoms with E-state index < -0.39 is 0 Å². The molecule has 0 saturated carbocycles. The predicted octanol–water partition coefficient (Wildman–Crippen LogP) is 21.9. The van der Waals surface area contributed by atoms with Crippen molar-refractivity contribution in [2.45, 2.75) is 104 Å². The van der Waals surface area contributed by atoms with Crippen LogP contribution in [0.4, 0.5) is 34.1 Å². The summed E-state index contributed by atoms with van der Waals surface area (Å²) >= 11 is 3.24. The summed E-state index contributed by atoms with van der Waals surface area (Å²) in [7, 11) is 10.2. The van der Waals surface area contributed by atoms with Gasteiger partial charge in [0.25, 0.3) is 23.5 Å². The van der Waals surface area contributed by atoms with Gasteiger partial charge in [0.05, 0.1) is 22.7 Å². The summed E-state index contributed by atoms with van der Waals surface area (Å²) in [5.74, 6) is 5.43. The summed E-state index contributed by atoms with van der Waals surface area (Å²) in [6.07, 6.45) is 0. The van der Waals surface area contributed by atoms with Crippen molar-refractivity contribution in [3.05, 3.63) is 353 Å². The second-order valence-corrected chi connectivity index (χ2v) is 24.3. The summed E-state index contributed by atoms with van der Waals surface area (Å²) in [5, 5.41) is 15.0. The molecule has 3 aliphatic rings. The number of rotatable bonds is 14. The minimum absolute atomic E-state index is 0. The van der Waals surface area contributed by atoms with Crippen molar-refractivity contribution in [3.63, 3.8) is 0 Å². The molecule has 0 aliphatic carbocycles. The maximum absolute atomic E-state index is 7.75. The van der Waals surface area contributed by atoms with Crippen molar-refractivity contribution in [1.82, 2.24) is 0 Å². The number of aryl methyl sites for hydroxylation is 14. The van der Waals surface area contributed by atoms with Gasteiger partial charge in [-0.15, -0.1) is 0 Å². The molecule has 548 valence electrons. The Bertz CT molecular complexity index is 3910. The van der Waals surface area contributed by atoms with Gasteiger partial charge in [0.1, 0.15) is 23.0 Å². The van der Waals surface area contributed by atoms with E-state index in [1.165, 1.54) is 44.8 Å². The third-order valence-corrected chi connectivity index (χ3v) is 16.7. The summed E-state index contributed by atoms with van der Waals surface area (Å²) in [6.45, 7) is 37.2. The van der Waals surface area contributed by atoms with Crippen LogP contribution in [0.15, 0.2) is 253 Å². The first kappa shape index (κ1) is 87.1. The van der Waals surface area contributed by atoms with Gasteiger partial charge in [-0.25, -0.2) is 20.0 Å². The number of benzene rings is 10. The summed E-state index contributed by atoms with van der Waals surface area (Å²) in [6, 6.07) is 74.2. The molecule has 16 heteroatoms. The van der Waals surface area contributed by atoms with E-state index in [0.717, 1.165) is 110 Å². The Kier molecular flexibility index (Phi) is 35.6. The Balaban J connectivity index is 0.000000316. The van der Waals surface area contributed by atoms with Gasteiger partial charge in [0.2, 0.25) is 0 Å². The van der Waals surface area contributed by atoms with E-state index in [2.05, 4.69) is 224 Å². The number of para-hydroxylation sites is 8. The fourth-order valence-corrected chi connectivity index (χ4v) is 12.6. The molecule has 10 aromatic carbocycles. The topological polar surface area (TPSA) is 93.7 Å². The van der Waals surface area contributed by atoms with E-state index in [0.29, 0.717) is 23.5 Å². The van der Waals surface area contributed by atoms with Crippen molar-refractivity contribution < 1.29 is 63.5 Å². The average molecular weight is 1610 g/mol. The Morgan fingerprint density at radius 2 is 0.510 bits per heavy atom. The molecule has 104 heavy (non-hydrogen) atoms. The van der Waals surface area contributed by atoms with Crippen LogP contribution in [0.25, 0.3) is 0 Å². The van der Waals surface area contributed by atoms with Crippen molar-refractivity contribution in [3.8, 4) is 23.0 Å². The molecular formula is C88H100Cl2N6O6Ru2. The molecule has 1 N–H and O–H groups in total. The molecule has 1 saturated heterocycles. The number of ether oxygens (including phenoxy) is 4. The molecule has 12 nitrogen and oxygen atoms in total. The maximum atomic E-state index is 7.75. The van der Waals surface area contributed by atoms with Gasteiger partial charge in [0.15, 0.2) is 0 Å². The standard InChI is InChI=1S/2C31H28N2O2.C21H27N2.CH4O.CHO.CH4.2CH3.2ClH.2Ru.2H/c2*1-22-13-11-14-23(2)30(22)34-28-21-29(35-31-24(3)15-12-16-25(31)4)33(27-19-9-6-10-20-27)32(28)26-17-7-5-8-18-26;1-14-9-16(3)20(17(4)10-14)22-7-8-23(13-22)21-18(5)11-15(2)12-19(21)6;2*1-2;;;;;;;;;/h2*5-20H,1-4H3;9-13H,7-8H2,1-6H3;2H,1H3;1H;1H4;2*1H3;2*1H;;;;/q;;-1;;-1;;2*-1;;;2*+3;;/p-2. The first-order valence-corrected chi connectivity index (χ1v) is 37.6. The number of hydrogen-bond donors (Lipinski definition) is 1. The van der Waals surface area contributed by atoms with Gasteiger partial charge in [-0.3, -0.25) is 6.79 Å². The van der Waals surface area contributed by atoms with Gasteiger partial charge in [0, 0.05) is 43.0 Å². The fourth-order valence-electron chi connectivity index (χ4n) is 12.6.